The maximum atomic E-state index is 11.7. The van der Waals surface area contributed by atoms with Crippen LogP contribution < -0.4 is 10.6 Å². The molecule has 2 amide bonds. The molecule has 7 heteroatoms. The quantitative estimate of drug-likeness (QED) is 0.774. The lowest BCUT2D eigenvalue weighted by Crippen LogP contribution is -2.31. The third-order valence-electron chi connectivity index (χ3n) is 2.46. The number of carbonyl (C=O) groups is 1. The Morgan fingerprint density at radius 2 is 2.16 bits per heavy atom. The number of urea groups is 1. The second kappa shape index (κ2) is 5.64. The van der Waals surface area contributed by atoms with Crippen molar-refractivity contribution in [2.24, 2.45) is 0 Å². The number of hydrogen-bond acceptors (Lipinski definition) is 4. The van der Waals surface area contributed by atoms with Crippen molar-refractivity contribution in [1.82, 2.24) is 20.5 Å². The zero-order valence-corrected chi connectivity index (χ0v) is 10.2. The van der Waals surface area contributed by atoms with E-state index in [1.807, 2.05) is 6.07 Å². The van der Waals surface area contributed by atoms with Gasteiger partial charge in [-0.05, 0) is 31.2 Å². The standard InChI is InChI=1S/C12H12N6O/c1-8(11-14-7-15-18-11)16-12(19)17-10-4-2-9(6-13)3-5-10/h2-5,7-8H,1H3,(H,14,15,18)(H2,16,17,19). The largest absolute Gasteiger partial charge is 0.328 e. The van der Waals surface area contributed by atoms with Crippen LogP contribution in [0.15, 0.2) is 30.6 Å². The minimum atomic E-state index is -0.353. The van der Waals surface area contributed by atoms with Crippen molar-refractivity contribution in [3.63, 3.8) is 0 Å². The van der Waals surface area contributed by atoms with E-state index in [4.69, 9.17) is 5.26 Å². The molecule has 0 radical (unpaired) electrons. The van der Waals surface area contributed by atoms with Crippen LogP contribution >= 0.6 is 0 Å². The molecular formula is C12H12N6O. The number of aromatic nitrogens is 3. The molecule has 0 saturated heterocycles. The number of aromatic amines is 1. The van der Waals surface area contributed by atoms with Crippen LogP contribution in [0.25, 0.3) is 0 Å². The van der Waals surface area contributed by atoms with Crippen LogP contribution in [0.3, 0.4) is 0 Å². The van der Waals surface area contributed by atoms with E-state index in [0.717, 1.165) is 0 Å². The van der Waals surface area contributed by atoms with Crippen molar-refractivity contribution in [1.29, 1.82) is 5.26 Å². The molecule has 3 N–H and O–H groups in total. The first kappa shape index (κ1) is 12.6. The Morgan fingerprint density at radius 1 is 1.42 bits per heavy atom. The van der Waals surface area contributed by atoms with Crippen LogP contribution in [0, 0.1) is 11.3 Å². The molecule has 0 fully saturated rings. The summed E-state index contributed by atoms with van der Waals surface area (Å²) >= 11 is 0. The van der Waals surface area contributed by atoms with Crippen LogP contribution in [0.1, 0.15) is 24.4 Å². The van der Waals surface area contributed by atoms with Crippen molar-refractivity contribution in [3.8, 4) is 6.07 Å². The first-order chi connectivity index (χ1) is 9.19. The normalized spacial score (nSPS) is 11.4. The number of rotatable bonds is 3. The molecule has 0 aliphatic rings. The minimum Gasteiger partial charge on any atom is -0.328 e. The van der Waals surface area contributed by atoms with Gasteiger partial charge in [-0.2, -0.15) is 10.4 Å². The molecular weight excluding hydrogens is 244 g/mol. The summed E-state index contributed by atoms with van der Waals surface area (Å²) in [6.45, 7) is 1.79. The minimum absolute atomic E-state index is 0.277. The number of anilines is 1. The van der Waals surface area contributed by atoms with Gasteiger partial charge in [0, 0.05) is 5.69 Å². The highest BCUT2D eigenvalue weighted by molar-refractivity contribution is 5.89. The molecule has 19 heavy (non-hydrogen) atoms. The van der Waals surface area contributed by atoms with Crippen LogP contribution in [-0.2, 0) is 0 Å². The summed E-state index contributed by atoms with van der Waals surface area (Å²) in [7, 11) is 0. The van der Waals surface area contributed by atoms with Crippen molar-refractivity contribution < 1.29 is 4.79 Å². The molecule has 0 spiro atoms. The molecule has 96 valence electrons. The van der Waals surface area contributed by atoms with Gasteiger partial charge in [0.2, 0.25) is 0 Å². The summed E-state index contributed by atoms with van der Waals surface area (Å²) in [4.78, 5) is 15.7. The van der Waals surface area contributed by atoms with Gasteiger partial charge in [0.05, 0.1) is 17.7 Å². The van der Waals surface area contributed by atoms with Crippen molar-refractivity contribution >= 4 is 11.7 Å². The van der Waals surface area contributed by atoms with E-state index in [1.54, 1.807) is 31.2 Å². The van der Waals surface area contributed by atoms with Gasteiger partial charge in [0.1, 0.15) is 12.2 Å². The molecule has 1 atom stereocenters. The van der Waals surface area contributed by atoms with Gasteiger partial charge in [-0.1, -0.05) is 0 Å². The summed E-state index contributed by atoms with van der Waals surface area (Å²) < 4.78 is 0. The number of carbonyl (C=O) groups excluding carboxylic acids is 1. The molecule has 0 aliphatic carbocycles. The zero-order chi connectivity index (χ0) is 13.7. The predicted molar refractivity (Wildman–Crippen MR) is 68.1 cm³/mol. The topological polar surface area (TPSA) is 106 Å². The van der Waals surface area contributed by atoms with Gasteiger partial charge >= 0.3 is 6.03 Å². The van der Waals surface area contributed by atoms with E-state index in [-0.39, 0.29) is 12.1 Å². The van der Waals surface area contributed by atoms with Gasteiger partial charge in [0.25, 0.3) is 0 Å². The smallest absolute Gasteiger partial charge is 0.319 e. The Bertz CT molecular complexity index is 584. The molecule has 2 rings (SSSR count). The first-order valence-corrected chi connectivity index (χ1v) is 5.62. The molecule has 1 aromatic heterocycles. The van der Waals surface area contributed by atoms with Gasteiger partial charge < -0.3 is 10.6 Å². The lowest BCUT2D eigenvalue weighted by molar-refractivity contribution is 0.249. The van der Waals surface area contributed by atoms with Crippen LogP contribution in [0.4, 0.5) is 10.5 Å². The third-order valence-corrected chi connectivity index (χ3v) is 2.46. The maximum absolute atomic E-state index is 11.7. The Hall–Kier alpha value is -2.88. The Labute approximate surface area is 109 Å². The molecule has 0 aliphatic heterocycles. The van der Waals surface area contributed by atoms with Gasteiger partial charge in [0.15, 0.2) is 0 Å². The second-order valence-corrected chi connectivity index (χ2v) is 3.88. The van der Waals surface area contributed by atoms with E-state index >= 15 is 0 Å². The summed E-state index contributed by atoms with van der Waals surface area (Å²) in [6, 6.07) is 7.98. The molecule has 1 aromatic carbocycles. The van der Waals surface area contributed by atoms with E-state index in [1.165, 1.54) is 6.33 Å². The zero-order valence-electron chi connectivity index (χ0n) is 10.2. The Kier molecular flexibility index (Phi) is 3.73. The average molecular weight is 256 g/mol. The van der Waals surface area contributed by atoms with E-state index in [2.05, 4.69) is 25.8 Å². The number of nitrogens with one attached hydrogen (secondary N) is 3. The number of benzene rings is 1. The molecule has 2 aromatic rings. The van der Waals surface area contributed by atoms with Gasteiger partial charge in [-0.15, -0.1) is 0 Å². The maximum Gasteiger partial charge on any atom is 0.319 e. The monoisotopic (exact) mass is 256 g/mol. The average Bonchev–Trinajstić information content (AvgIpc) is 2.93. The summed E-state index contributed by atoms with van der Waals surface area (Å²) in [5, 5.41) is 20.4. The highest BCUT2D eigenvalue weighted by Gasteiger charge is 2.11. The van der Waals surface area contributed by atoms with Crippen LogP contribution in [0.2, 0.25) is 0 Å². The molecule has 1 unspecified atom stereocenters. The lowest BCUT2D eigenvalue weighted by Gasteiger charge is -2.12. The van der Waals surface area contributed by atoms with Crippen molar-refractivity contribution in [2.45, 2.75) is 13.0 Å². The summed E-state index contributed by atoms with van der Waals surface area (Å²) in [6.07, 6.45) is 1.38. The fourth-order valence-corrected chi connectivity index (χ4v) is 1.48. The number of hydrogen-bond donors (Lipinski definition) is 3. The number of nitriles is 1. The Morgan fingerprint density at radius 3 is 2.74 bits per heavy atom. The second-order valence-electron chi connectivity index (χ2n) is 3.88. The SMILES string of the molecule is CC(NC(=O)Nc1ccc(C#N)cc1)c1ncn[nH]1. The van der Waals surface area contributed by atoms with Gasteiger partial charge in [-0.25, -0.2) is 9.78 Å². The fourth-order valence-electron chi connectivity index (χ4n) is 1.48. The molecule has 7 nitrogen and oxygen atoms in total. The molecule has 1 heterocycles. The van der Waals surface area contributed by atoms with Crippen molar-refractivity contribution in [2.75, 3.05) is 5.32 Å². The molecule has 0 bridgehead atoms. The van der Waals surface area contributed by atoms with Gasteiger partial charge in [-0.3, -0.25) is 5.10 Å². The lowest BCUT2D eigenvalue weighted by atomic mass is 10.2. The summed E-state index contributed by atoms with van der Waals surface area (Å²) in [5.41, 5.74) is 1.15. The van der Waals surface area contributed by atoms with E-state index in [0.29, 0.717) is 17.1 Å². The Balaban J connectivity index is 1.92. The first-order valence-electron chi connectivity index (χ1n) is 5.62. The van der Waals surface area contributed by atoms with Crippen molar-refractivity contribution in [3.05, 3.63) is 42.0 Å². The highest BCUT2D eigenvalue weighted by Crippen LogP contribution is 2.09. The predicted octanol–water partition coefficient (Wildman–Crippen LogP) is 1.56. The van der Waals surface area contributed by atoms with E-state index < -0.39 is 0 Å². The third kappa shape index (κ3) is 3.29. The number of H-pyrrole nitrogens is 1. The van der Waals surface area contributed by atoms with E-state index in [9.17, 15) is 4.79 Å². The fraction of sp³-hybridized carbons (Fsp3) is 0.167. The number of amides is 2. The van der Waals surface area contributed by atoms with Crippen LogP contribution in [-0.4, -0.2) is 21.2 Å². The highest BCUT2D eigenvalue weighted by atomic mass is 16.2. The summed E-state index contributed by atoms with van der Waals surface area (Å²) in [5.74, 6) is 0.579. The molecule has 0 saturated carbocycles. The number of nitrogens with zero attached hydrogens (tertiary/aromatic N) is 3. The van der Waals surface area contributed by atoms with Crippen LogP contribution in [0.5, 0.6) is 0 Å².